The van der Waals surface area contributed by atoms with Crippen LogP contribution < -0.4 is 0 Å². The van der Waals surface area contributed by atoms with Gasteiger partial charge in [-0.15, -0.1) is 10.2 Å². The highest BCUT2D eigenvalue weighted by molar-refractivity contribution is 6.30. The predicted molar refractivity (Wildman–Crippen MR) is 133 cm³/mol. The van der Waals surface area contributed by atoms with Crippen LogP contribution in [0.4, 0.5) is 0 Å². The lowest BCUT2D eigenvalue weighted by Gasteiger charge is -2.52. The molecule has 1 aromatic carbocycles. The number of amides is 1. The van der Waals surface area contributed by atoms with E-state index in [1.165, 1.54) is 0 Å². The summed E-state index contributed by atoms with van der Waals surface area (Å²) in [5, 5.41) is 9.55. The second-order valence-electron chi connectivity index (χ2n) is 10.1. The van der Waals surface area contributed by atoms with Crippen LogP contribution in [-0.2, 0) is 16.6 Å². The summed E-state index contributed by atoms with van der Waals surface area (Å²) in [6.45, 7) is 7.23. The maximum Gasteiger partial charge on any atom is 0.225 e. The van der Waals surface area contributed by atoms with Crippen molar-refractivity contribution in [3.8, 4) is 5.69 Å². The highest BCUT2D eigenvalue weighted by atomic mass is 35.5. The van der Waals surface area contributed by atoms with Crippen molar-refractivity contribution in [2.45, 2.75) is 39.2 Å². The van der Waals surface area contributed by atoms with Gasteiger partial charge in [-0.05, 0) is 38.8 Å². The van der Waals surface area contributed by atoms with Crippen LogP contribution >= 0.6 is 11.6 Å². The SMILES string of the molecule is Cc1c2c(cn1C)-n1c(C)nnc1C(CC(=O)N1CC3(CCOCC3)C1)N=C2c1ccc(Cl)cc1. The molecular weight excluding hydrogens is 464 g/mol. The van der Waals surface area contributed by atoms with E-state index in [2.05, 4.69) is 32.5 Å². The molecule has 1 amide bonds. The smallest absolute Gasteiger partial charge is 0.225 e. The van der Waals surface area contributed by atoms with E-state index in [4.69, 9.17) is 21.3 Å². The number of carbonyl (C=O) groups excluding carboxylic acids is 1. The lowest BCUT2D eigenvalue weighted by molar-refractivity contribution is -0.150. The van der Waals surface area contributed by atoms with Crippen LogP contribution in [0, 0.1) is 19.3 Å². The Balaban J connectivity index is 1.39. The predicted octanol–water partition coefficient (Wildman–Crippen LogP) is 3.80. The maximum absolute atomic E-state index is 13.4. The number of nitrogens with zero attached hydrogens (tertiary/aromatic N) is 6. The number of rotatable bonds is 3. The highest BCUT2D eigenvalue weighted by Gasteiger charge is 2.46. The number of carbonyl (C=O) groups is 1. The average molecular weight is 493 g/mol. The number of aromatic nitrogens is 4. The molecule has 8 nitrogen and oxygen atoms in total. The van der Waals surface area contributed by atoms with Gasteiger partial charge in [0.15, 0.2) is 5.82 Å². The number of halogens is 1. The Labute approximate surface area is 209 Å². The second-order valence-corrected chi connectivity index (χ2v) is 10.5. The first-order valence-electron chi connectivity index (χ1n) is 12.1. The van der Waals surface area contributed by atoms with Gasteiger partial charge < -0.3 is 14.2 Å². The van der Waals surface area contributed by atoms with E-state index in [1.807, 2.05) is 43.1 Å². The van der Waals surface area contributed by atoms with Crippen LogP contribution in [0.5, 0.6) is 0 Å². The van der Waals surface area contributed by atoms with E-state index in [0.29, 0.717) is 10.8 Å². The van der Waals surface area contributed by atoms with E-state index in [9.17, 15) is 4.79 Å². The fraction of sp³-hybridized carbons (Fsp3) is 0.462. The van der Waals surface area contributed by atoms with Crippen LogP contribution in [0.2, 0.25) is 5.02 Å². The Morgan fingerprint density at radius 1 is 1.14 bits per heavy atom. The summed E-state index contributed by atoms with van der Waals surface area (Å²) in [6.07, 6.45) is 4.41. The zero-order valence-electron chi connectivity index (χ0n) is 20.3. The number of benzene rings is 1. The standard InChI is InChI=1S/C26H29ClN6O2/c1-16-23-21(13-31(16)3)33-17(2)29-30-25(33)20(28-24(23)18-4-6-19(27)7-5-18)12-22(34)32-14-26(15-32)8-10-35-11-9-26/h4-7,13,20H,8-12,14-15H2,1-3H3. The van der Waals surface area contributed by atoms with Crippen LogP contribution in [0.15, 0.2) is 35.5 Å². The lowest BCUT2D eigenvalue weighted by Crippen LogP contribution is -2.60. The molecule has 1 atom stereocenters. The monoisotopic (exact) mass is 492 g/mol. The van der Waals surface area contributed by atoms with Crippen molar-refractivity contribution in [1.29, 1.82) is 0 Å². The van der Waals surface area contributed by atoms with E-state index >= 15 is 0 Å². The van der Waals surface area contributed by atoms with Crippen molar-refractivity contribution in [2.75, 3.05) is 26.3 Å². The third kappa shape index (κ3) is 3.70. The maximum atomic E-state index is 13.4. The molecule has 6 rings (SSSR count). The Morgan fingerprint density at radius 3 is 2.57 bits per heavy atom. The number of ether oxygens (including phenoxy) is 1. The minimum Gasteiger partial charge on any atom is -0.381 e. The topological polar surface area (TPSA) is 77.5 Å². The van der Waals surface area contributed by atoms with E-state index in [0.717, 1.165) is 73.2 Å². The van der Waals surface area contributed by atoms with Gasteiger partial charge in [-0.3, -0.25) is 14.4 Å². The first kappa shape index (κ1) is 22.5. The van der Waals surface area contributed by atoms with Crippen LogP contribution in [0.25, 0.3) is 5.69 Å². The van der Waals surface area contributed by atoms with E-state index in [1.54, 1.807) is 0 Å². The molecule has 0 bridgehead atoms. The highest BCUT2D eigenvalue weighted by Crippen LogP contribution is 2.41. The summed E-state index contributed by atoms with van der Waals surface area (Å²) in [5.74, 6) is 1.59. The molecule has 0 N–H and O–H groups in total. The molecule has 35 heavy (non-hydrogen) atoms. The molecule has 0 radical (unpaired) electrons. The molecule has 2 aromatic heterocycles. The number of aliphatic imine (C=N–C) groups is 1. The third-order valence-corrected chi connectivity index (χ3v) is 8.07. The van der Waals surface area contributed by atoms with Crippen molar-refractivity contribution in [1.82, 2.24) is 24.2 Å². The first-order chi connectivity index (χ1) is 16.8. The van der Waals surface area contributed by atoms with Crippen molar-refractivity contribution < 1.29 is 9.53 Å². The summed E-state index contributed by atoms with van der Waals surface area (Å²) in [5.41, 5.74) is 5.14. The Morgan fingerprint density at radius 2 is 1.86 bits per heavy atom. The minimum atomic E-state index is -0.433. The first-order valence-corrected chi connectivity index (χ1v) is 12.5. The van der Waals surface area contributed by atoms with Crippen molar-refractivity contribution in [2.24, 2.45) is 17.5 Å². The van der Waals surface area contributed by atoms with Gasteiger partial charge in [0, 0.05) is 66.8 Å². The zero-order valence-corrected chi connectivity index (χ0v) is 21.0. The fourth-order valence-electron chi connectivity index (χ4n) is 5.66. The summed E-state index contributed by atoms with van der Waals surface area (Å²) >= 11 is 6.19. The quantitative estimate of drug-likeness (QED) is 0.557. The molecule has 2 saturated heterocycles. The van der Waals surface area contributed by atoms with Crippen LogP contribution in [0.3, 0.4) is 0 Å². The molecule has 2 fully saturated rings. The zero-order chi connectivity index (χ0) is 24.3. The minimum absolute atomic E-state index is 0.113. The second kappa shape index (κ2) is 8.31. The molecule has 3 aliphatic heterocycles. The third-order valence-electron chi connectivity index (χ3n) is 7.82. The number of hydrogen-bond donors (Lipinski definition) is 0. The van der Waals surface area contributed by atoms with Gasteiger partial charge in [-0.2, -0.15) is 0 Å². The Kier molecular flexibility index (Phi) is 5.34. The fourth-order valence-corrected chi connectivity index (χ4v) is 5.78. The number of hydrogen-bond acceptors (Lipinski definition) is 5. The molecule has 5 heterocycles. The summed E-state index contributed by atoms with van der Waals surface area (Å²) < 4.78 is 9.68. The molecule has 0 aliphatic carbocycles. The van der Waals surface area contributed by atoms with Gasteiger partial charge in [0.25, 0.3) is 0 Å². The molecule has 3 aliphatic rings. The molecule has 182 valence electrons. The van der Waals surface area contributed by atoms with Gasteiger partial charge >= 0.3 is 0 Å². The molecule has 0 saturated carbocycles. The lowest BCUT2D eigenvalue weighted by atomic mass is 9.73. The number of aryl methyl sites for hydroxylation is 2. The Hall–Kier alpha value is -2.97. The number of fused-ring (bicyclic) bond motifs is 3. The van der Waals surface area contributed by atoms with Gasteiger partial charge in [0.1, 0.15) is 11.9 Å². The molecule has 1 unspecified atom stereocenters. The molecular formula is C26H29ClN6O2. The van der Waals surface area contributed by atoms with Gasteiger partial charge in [0.05, 0.1) is 17.8 Å². The molecule has 9 heteroatoms. The normalized spacial score (nSPS) is 20.6. The molecule has 3 aromatic rings. The van der Waals surface area contributed by atoms with E-state index in [-0.39, 0.29) is 17.7 Å². The average Bonchev–Trinajstić information content (AvgIpc) is 3.30. The van der Waals surface area contributed by atoms with Crippen molar-refractivity contribution >= 4 is 23.2 Å². The van der Waals surface area contributed by atoms with Gasteiger partial charge in [-0.25, -0.2) is 0 Å². The largest absolute Gasteiger partial charge is 0.381 e. The van der Waals surface area contributed by atoms with Crippen molar-refractivity contribution in [3.63, 3.8) is 0 Å². The van der Waals surface area contributed by atoms with E-state index < -0.39 is 6.04 Å². The number of likely N-dealkylation sites (tertiary alicyclic amines) is 1. The van der Waals surface area contributed by atoms with Crippen LogP contribution in [0.1, 0.15) is 53.8 Å². The summed E-state index contributed by atoms with van der Waals surface area (Å²) in [6, 6.07) is 7.29. The van der Waals surface area contributed by atoms with Crippen LogP contribution in [-0.4, -0.2) is 62.2 Å². The summed E-state index contributed by atoms with van der Waals surface area (Å²) in [4.78, 5) is 20.6. The van der Waals surface area contributed by atoms with Crippen molar-refractivity contribution in [3.05, 3.63) is 64.0 Å². The van der Waals surface area contributed by atoms with Gasteiger partial charge in [-0.1, -0.05) is 23.7 Å². The summed E-state index contributed by atoms with van der Waals surface area (Å²) in [7, 11) is 2.03. The molecule has 1 spiro atoms. The van der Waals surface area contributed by atoms with Gasteiger partial charge in [0.2, 0.25) is 5.91 Å². The Bertz CT molecular complexity index is 1320.